The number of rotatable bonds is 4. The average Bonchev–Trinajstić information content (AvgIpc) is 2.85. The van der Waals surface area contributed by atoms with Gasteiger partial charge in [0.25, 0.3) is 0 Å². The lowest BCUT2D eigenvalue weighted by atomic mass is 9.85. The Kier molecular flexibility index (Phi) is 2.19. The van der Waals surface area contributed by atoms with E-state index in [4.69, 9.17) is 0 Å². The highest BCUT2D eigenvalue weighted by molar-refractivity contribution is 5.32. The predicted octanol–water partition coefficient (Wildman–Crippen LogP) is 2.57. The number of imidazole rings is 1. The molecule has 1 aromatic rings. The SMILES string of the molecule is Cc1cn(CC2CCC2)c(NC2CC2)n1. The molecule has 15 heavy (non-hydrogen) atoms. The van der Waals surface area contributed by atoms with Crippen LogP contribution in [-0.4, -0.2) is 15.6 Å². The molecular weight excluding hydrogens is 186 g/mol. The summed E-state index contributed by atoms with van der Waals surface area (Å²) in [4.78, 5) is 4.55. The number of aryl methyl sites for hydroxylation is 1. The van der Waals surface area contributed by atoms with Crippen molar-refractivity contribution in [1.29, 1.82) is 0 Å². The van der Waals surface area contributed by atoms with Gasteiger partial charge in [0.2, 0.25) is 5.95 Å². The highest BCUT2D eigenvalue weighted by Crippen LogP contribution is 2.30. The molecule has 82 valence electrons. The molecule has 0 radical (unpaired) electrons. The predicted molar refractivity (Wildman–Crippen MR) is 60.9 cm³/mol. The first-order chi connectivity index (χ1) is 7.31. The lowest BCUT2D eigenvalue weighted by Gasteiger charge is -2.26. The van der Waals surface area contributed by atoms with Crippen molar-refractivity contribution < 1.29 is 0 Å². The van der Waals surface area contributed by atoms with Crippen molar-refractivity contribution in [2.24, 2.45) is 5.92 Å². The minimum atomic E-state index is 0.701. The molecule has 2 aliphatic rings. The zero-order valence-corrected chi connectivity index (χ0v) is 9.37. The van der Waals surface area contributed by atoms with Crippen LogP contribution in [0.3, 0.4) is 0 Å². The highest BCUT2D eigenvalue weighted by atomic mass is 15.2. The van der Waals surface area contributed by atoms with Gasteiger partial charge >= 0.3 is 0 Å². The van der Waals surface area contributed by atoms with Crippen LogP contribution in [0.5, 0.6) is 0 Å². The van der Waals surface area contributed by atoms with Gasteiger partial charge in [-0.25, -0.2) is 4.98 Å². The van der Waals surface area contributed by atoms with Crippen molar-refractivity contribution in [3.8, 4) is 0 Å². The Morgan fingerprint density at radius 1 is 1.40 bits per heavy atom. The fraction of sp³-hybridized carbons (Fsp3) is 0.750. The second-order valence-corrected chi connectivity index (χ2v) is 5.07. The summed E-state index contributed by atoms with van der Waals surface area (Å²) < 4.78 is 2.32. The lowest BCUT2D eigenvalue weighted by molar-refractivity contribution is 0.278. The van der Waals surface area contributed by atoms with Gasteiger partial charge in [0.15, 0.2) is 0 Å². The zero-order chi connectivity index (χ0) is 10.3. The summed E-state index contributed by atoms with van der Waals surface area (Å²) in [6.07, 6.45) is 9.04. The molecule has 3 rings (SSSR count). The maximum Gasteiger partial charge on any atom is 0.203 e. The van der Waals surface area contributed by atoms with Crippen LogP contribution in [-0.2, 0) is 6.54 Å². The lowest BCUT2D eigenvalue weighted by Crippen LogP contribution is -2.19. The Balaban J connectivity index is 1.71. The van der Waals surface area contributed by atoms with Gasteiger partial charge < -0.3 is 9.88 Å². The third kappa shape index (κ3) is 2.01. The average molecular weight is 205 g/mol. The molecule has 0 unspecified atom stereocenters. The normalized spacial score (nSPS) is 21.4. The molecule has 1 heterocycles. The first-order valence-corrected chi connectivity index (χ1v) is 6.11. The minimum absolute atomic E-state index is 0.701. The van der Waals surface area contributed by atoms with E-state index < -0.39 is 0 Å². The molecule has 0 aromatic carbocycles. The Labute approximate surface area is 90.9 Å². The van der Waals surface area contributed by atoms with Crippen LogP contribution in [0.1, 0.15) is 37.8 Å². The molecule has 0 amide bonds. The smallest absolute Gasteiger partial charge is 0.203 e. The fourth-order valence-corrected chi connectivity index (χ4v) is 2.16. The minimum Gasteiger partial charge on any atom is -0.353 e. The van der Waals surface area contributed by atoms with Crippen LogP contribution in [0.25, 0.3) is 0 Å². The van der Waals surface area contributed by atoms with E-state index in [0.29, 0.717) is 6.04 Å². The van der Waals surface area contributed by atoms with E-state index in [1.165, 1.54) is 32.1 Å². The van der Waals surface area contributed by atoms with Gasteiger partial charge in [0.05, 0.1) is 5.69 Å². The van der Waals surface area contributed by atoms with Gasteiger partial charge in [-0.2, -0.15) is 0 Å². The van der Waals surface area contributed by atoms with E-state index in [9.17, 15) is 0 Å². The molecule has 0 spiro atoms. The maximum atomic E-state index is 4.55. The van der Waals surface area contributed by atoms with Crippen LogP contribution in [0.4, 0.5) is 5.95 Å². The summed E-state index contributed by atoms with van der Waals surface area (Å²) in [6.45, 7) is 3.24. The third-order valence-electron chi connectivity index (χ3n) is 3.49. The number of hydrogen-bond donors (Lipinski definition) is 1. The molecule has 0 atom stereocenters. The van der Waals surface area contributed by atoms with E-state index in [1.54, 1.807) is 0 Å². The van der Waals surface area contributed by atoms with Crippen LogP contribution in [0.15, 0.2) is 6.20 Å². The van der Waals surface area contributed by atoms with Crippen molar-refractivity contribution in [3.63, 3.8) is 0 Å². The number of nitrogens with one attached hydrogen (secondary N) is 1. The highest BCUT2D eigenvalue weighted by Gasteiger charge is 2.24. The Morgan fingerprint density at radius 2 is 2.20 bits per heavy atom. The molecule has 1 aromatic heterocycles. The van der Waals surface area contributed by atoms with Crippen LogP contribution >= 0.6 is 0 Å². The van der Waals surface area contributed by atoms with E-state index in [0.717, 1.165) is 24.1 Å². The summed E-state index contributed by atoms with van der Waals surface area (Å²) in [5.41, 5.74) is 1.14. The third-order valence-corrected chi connectivity index (χ3v) is 3.49. The molecule has 2 saturated carbocycles. The Hall–Kier alpha value is -0.990. The van der Waals surface area contributed by atoms with Crippen molar-refractivity contribution in [2.75, 3.05) is 5.32 Å². The molecule has 0 bridgehead atoms. The second-order valence-electron chi connectivity index (χ2n) is 5.07. The van der Waals surface area contributed by atoms with E-state index in [1.807, 2.05) is 0 Å². The van der Waals surface area contributed by atoms with Crippen LogP contribution < -0.4 is 5.32 Å². The van der Waals surface area contributed by atoms with Crippen molar-refractivity contribution in [2.45, 2.75) is 51.6 Å². The van der Waals surface area contributed by atoms with Crippen molar-refractivity contribution in [1.82, 2.24) is 9.55 Å². The second kappa shape index (κ2) is 3.54. The van der Waals surface area contributed by atoms with Gasteiger partial charge in [0.1, 0.15) is 0 Å². The molecule has 3 heteroatoms. The fourth-order valence-electron chi connectivity index (χ4n) is 2.16. The first kappa shape index (κ1) is 9.25. The van der Waals surface area contributed by atoms with Crippen LogP contribution in [0.2, 0.25) is 0 Å². The number of nitrogens with zero attached hydrogens (tertiary/aromatic N) is 2. The molecule has 0 aliphatic heterocycles. The zero-order valence-electron chi connectivity index (χ0n) is 9.37. The molecule has 2 aliphatic carbocycles. The van der Waals surface area contributed by atoms with Gasteiger partial charge in [-0.15, -0.1) is 0 Å². The molecule has 2 fully saturated rings. The summed E-state index contributed by atoms with van der Waals surface area (Å²) in [7, 11) is 0. The van der Waals surface area contributed by atoms with Gasteiger partial charge in [-0.1, -0.05) is 6.42 Å². The number of hydrogen-bond acceptors (Lipinski definition) is 2. The molecule has 0 saturated heterocycles. The first-order valence-electron chi connectivity index (χ1n) is 6.11. The van der Waals surface area contributed by atoms with E-state index in [-0.39, 0.29) is 0 Å². The molecule has 3 nitrogen and oxygen atoms in total. The molecule has 1 N–H and O–H groups in total. The Bertz CT molecular complexity index is 348. The standard InChI is InChI=1S/C12H19N3/c1-9-7-15(8-10-3-2-4-10)12(13-9)14-11-5-6-11/h7,10-11H,2-6,8H2,1H3,(H,13,14). The summed E-state index contributed by atoms with van der Waals surface area (Å²) >= 11 is 0. The largest absolute Gasteiger partial charge is 0.353 e. The quantitative estimate of drug-likeness (QED) is 0.818. The number of anilines is 1. The summed E-state index contributed by atoms with van der Waals surface area (Å²) in [5.74, 6) is 2.00. The number of aromatic nitrogens is 2. The van der Waals surface area contributed by atoms with Gasteiger partial charge in [-0.05, 0) is 38.5 Å². The summed E-state index contributed by atoms with van der Waals surface area (Å²) in [5, 5.41) is 3.51. The van der Waals surface area contributed by atoms with Gasteiger partial charge in [0, 0.05) is 18.8 Å². The van der Waals surface area contributed by atoms with E-state index in [2.05, 4.69) is 28.0 Å². The van der Waals surface area contributed by atoms with Crippen molar-refractivity contribution >= 4 is 5.95 Å². The Morgan fingerprint density at radius 3 is 2.80 bits per heavy atom. The maximum absolute atomic E-state index is 4.55. The molecular formula is C12H19N3. The van der Waals surface area contributed by atoms with Crippen LogP contribution in [0, 0.1) is 12.8 Å². The van der Waals surface area contributed by atoms with E-state index >= 15 is 0 Å². The topological polar surface area (TPSA) is 29.9 Å². The monoisotopic (exact) mass is 205 g/mol. The van der Waals surface area contributed by atoms with Crippen molar-refractivity contribution in [3.05, 3.63) is 11.9 Å². The summed E-state index contributed by atoms with van der Waals surface area (Å²) in [6, 6.07) is 0.701. The van der Waals surface area contributed by atoms with Gasteiger partial charge in [-0.3, -0.25) is 0 Å².